The normalized spacial score (nSPS) is 12.5. The van der Waals surface area contributed by atoms with Crippen LogP contribution in [0.5, 0.6) is 0 Å². The van der Waals surface area contributed by atoms with E-state index in [0.717, 1.165) is 16.9 Å². The highest BCUT2D eigenvalue weighted by Crippen LogP contribution is 2.29. The number of H-pyrrole nitrogens is 1. The Labute approximate surface area is 188 Å². The SMILES string of the molecule is CCN(c1ncnc2nc[nH]c12)[C@@H](C)c1nn2c(C)cc(Cl)c2c(=O)n1-c1ccccc1. The van der Waals surface area contributed by atoms with E-state index in [1.165, 1.54) is 6.33 Å². The third-order valence-electron chi connectivity index (χ3n) is 5.62. The number of anilines is 1. The Balaban J connectivity index is 1.78. The minimum atomic E-state index is -0.306. The second-order valence-corrected chi connectivity index (χ2v) is 7.90. The van der Waals surface area contributed by atoms with Gasteiger partial charge in [-0.15, -0.1) is 0 Å². The first-order valence-electron chi connectivity index (χ1n) is 10.3. The summed E-state index contributed by atoms with van der Waals surface area (Å²) in [6.45, 7) is 6.53. The average Bonchev–Trinajstić information content (AvgIpc) is 3.39. The van der Waals surface area contributed by atoms with E-state index in [4.69, 9.17) is 16.7 Å². The van der Waals surface area contributed by atoms with Gasteiger partial charge in [0.25, 0.3) is 5.56 Å². The Morgan fingerprint density at radius 2 is 1.97 bits per heavy atom. The number of hydrogen-bond acceptors (Lipinski definition) is 6. The molecule has 0 unspecified atom stereocenters. The molecule has 4 aromatic heterocycles. The third kappa shape index (κ3) is 3.04. The van der Waals surface area contributed by atoms with Crippen molar-refractivity contribution in [2.24, 2.45) is 0 Å². The molecule has 4 heterocycles. The zero-order valence-corrected chi connectivity index (χ0v) is 18.6. The lowest BCUT2D eigenvalue weighted by molar-refractivity contribution is 0.589. The van der Waals surface area contributed by atoms with Gasteiger partial charge in [-0.3, -0.25) is 9.36 Å². The van der Waals surface area contributed by atoms with Crippen molar-refractivity contribution in [3.8, 4) is 5.69 Å². The maximum Gasteiger partial charge on any atom is 0.284 e. The molecule has 0 bridgehead atoms. The molecule has 0 aliphatic carbocycles. The highest BCUT2D eigenvalue weighted by molar-refractivity contribution is 6.34. The Bertz CT molecular complexity index is 1490. The van der Waals surface area contributed by atoms with Crippen LogP contribution in [-0.2, 0) is 0 Å². The van der Waals surface area contributed by atoms with Gasteiger partial charge in [0.15, 0.2) is 17.3 Å². The molecule has 0 saturated heterocycles. The van der Waals surface area contributed by atoms with Crippen LogP contribution in [0.1, 0.15) is 31.4 Å². The van der Waals surface area contributed by atoms with Gasteiger partial charge in [-0.1, -0.05) is 29.8 Å². The fourth-order valence-corrected chi connectivity index (χ4v) is 4.40. The largest absolute Gasteiger partial charge is 0.345 e. The number of aromatic amines is 1. The van der Waals surface area contributed by atoms with E-state index in [9.17, 15) is 4.79 Å². The molecule has 5 aromatic rings. The van der Waals surface area contributed by atoms with Crippen LogP contribution in [0.3, 0.4) is 0 Å². The number of benzene rings is 1. The number of nitrogens with zero attached hydrogens (tertiary/aromatic N) is 7. The van der Waals surface area contributed by atoms with Crippen LogP contribution < -0.4 is 10.5 Å². The molecule has 0 fully saturated rings. The molecule has 32 heavy (non-hydrogen) atoms. The minimum absolute atomic E-state index is 0.225. The first-order valence-corrected chi connectivity index (χ1v) is 10.7. The summed E-state index contributed by atoms with van der Waals surface area (Å²) in [4.78, 5) is 31.8. The molecule has 0 spiro atoms. The van der Waals surface area contributed by atoms with Gasteiger partial charge in [0.2, 0.25) is 0 Å². The van der Waals surface area contributed by atoms with Gasteiger partial charge in [0, 0.05) is 12.2 Å². The van der Waals surface area contributed by atoms with E-state index in [2.05, 4.69) is 24.8 Å². The van der Waals surface area contributed by atoms with Gasteiger partial charge in [0.05, 0.1) is 23.1 Å². The lowest BCUT2D eigenvalue weighted by Gasteiger charge is -2.30. The number of para-hydroxylation sites is 1. The number of imidazole rings is 1. The molecular formula is C22H21ClN8O. The zero-order valence-electron chi connectivity index (χ0n) is 17.8. The summed E-state index contributed by atoms with van der Waals surface area (Å²) in [6, 6.07) is 10.9. The van der Waals surface area contributed by atoms with Crippen LogP contribution >= 0.6 is 11.6 Å². The quantitative estimate of drug-likeness (QED) is 0.440. The number of rotatable bonds is 5. The maximum atomic E-state index is 13.7. The number of fused-ring (bicyclic) bond motifs is 2. The number of nitrogens with one attached hydrogen (secondary N) is 1. The van der Waals surface area contributed by atoms with Gasteiger partial charge in [-0.2, -0.15) is 5.10 Å². The molecule has 0 aliphatic rings. The van der Waals surface area contributed by atoms with Crippen molar-refractivity contribution in [3.05, 3.63) is 75.9 Å². The number of aromatic nitrogens is 7. The van der Waals surface area contributed by atoms with Gasteiger partial charge < -0.3 is 9.88 Å². The van der Waals surface area contributed by atoms with Crippen molar-refractivity contribution in [2.75, 3.05) is 11.4 Å². The lowest BCUT2D eigenvalue weighted by atomic mass is 10.2. The molecule has 0 saturated carbocycles. The zero-order chi connectivity index (χ0) is 22.4. The van der Waals surface area contributed by atoms with E-state index in [1.54, 1.807) is 21.5 Å². The van der Waals surface area contributed by atoms with Crippen LogP contribution in [0, 0.1) is 6.92 Å². The molecule has 9 nitrogen and oxygen atoms in total. The van der Waals surface area contributed by atoms with Gasteiger partial charge in [0.1, 0.15) is 17.4 Å². The fourth-order valence-electron chi connectivity index (χ4n) is 4.08. The van der Waals surface area contributed by atoms with Crippen LogP contribution in [0.2, 0.25) is 5.02 Å². The topological polar surface area (TPSA) is 97.0 Å². The van der Waals surface area contributed by atoms with Crippen LogP contribution in [0.4, 0.5) is 5.82 Å². The summed E-state index contributed by atoms with van der Waals surface area (Å²) in [5, 5.41) is 5.26. The Hall–Kier alpha value is -3.72. The molecule has 5 rings (SSSR count). The van der Waals surface area contributed by atoms with Gasteiger partial charge >= 0.3 is 0 Å². The van der Waals surface area contributed by atoms with Crippen molar-refractivity contribution < 1.29 is 0 Å². The molecular weight excluding hydrogens is 428 g/mol. The maximum absolute atomic E-state index is 13.7. The molecule has 10 heteroatoms. The Kier molecular flexibility index (Phi) is 4.90. The molecule has 1 aromatic carbocycles. The number of halogens is 1. The second kappa shape index (κ2) is 7.76. The Morgan fingerprint density at radius 3 is 2.72 bits per heavy atom. The average molecular weight is 449 g/mol. The van der Waals surface area contributed by atoms with Crippen molar-refractivity contribution >= 4 is 34.1 Å². The fraction of sp³-hybridized carbons (Fsp3) is 0.227. The van der Waals surface area contributed by atoms with Crippen molar-refractivity contribution in [1.82, 2.24) is 34.1 Å². The van der Waals surface area contributed by atoms with Crippen LogP contribution in [0.15, 0.2) is 53.8 Å². The predicted molar refractivity (Wildman–Crippen MR) is 124 cm³/mol. The van der Waals surface area contributed by atoms with E-state index < -0.39 is 0 Å². The first-order chi connectivity index (χ1) is 15.5. The molecule has 1 atom stereocenters. The van der Waals surface area contributed by atoms with E-state index in [1.807, 2.05) is 51.1 Å². The standard InChI is InChI=1S/C22H21ClN8O/c1-4-29(21-17-19(25-11-24-17)26-12-27-21)14(3)20-28-31-13(2)10-16(23)18(31)22(32)30(20)15-8-6-5-7-9-15/h5-12,14H,4H2,1-3H3,(H,24,25,26,27)/t14-/m0/s1. The number of aryl methyl sites for hydroxylation is 1. The predicted octanol–water partition coefficient (Wildman–Crippen LogP) is 3.70. The molecule has 0 amide bonds. The van der Waals surface area contributed by atoms with Gasteiger partial charge in [-0.25, -0.2) is 19.5 Å². The summed E-state index contributed by atoms with van der Waals surface area (Å²) in [7, 11) is 0. The van der Waals surface area contributed by atoms with E-state index in [-0.39, 0.29) is 11.6 Å². The lowest BCUT2D eigenvalue weighted by Crippen LogP contribution is -2.35. The molecule has 0 aliphatic heterocycles. The Morgan fingerprint density at radius 1 is 1.19 bits per heavy atom. The van der Waals surface area contributed by atoms with Crippen molar-refractivity contribution in [1.29, 1.82) is 0 Å². The van der Waals surface area contributed by atoms with Crippen molar-refractivity contribution in [2.45, 2.75) is 26.8 Å². The summed E-state index contributed by atoms with van der Waals surface area (Å²) in [5.41, 5.74) is 2.95. The van der Waals surface area contributed by atoms with E-state index >= 15 is 0 Å². The second-order valence-electron chi connectivity index (χ2n) is 7.49. The van der Waals surface area contributed by atoms with Crippen LogP contribution in [-0.4, -0.2) is 40.7 Å². The monoisotopic (exact) mass is 448 g/mol. The van der Waals surface area contributed by atoms with Crippen LogP contribution in [0.25, 0.3) is 22.4 Å². The van der Waals surface area contributed by atoms with Crippen molar-refractivity contribution in [3.63, 3.8) is 0 Å². The first kappa shape index (κ1) is 20.2. The summed E-state index contributed by atoms with van der Waals surface area (Å²) in [5.74, 6) is 1.26. The molecule has 1 N–H and O–H groups in total. The summed E-state index contributed by atoms with van der Waals surface area (Å²) in [6.07, 6.45) is 3.08. The summed E-state index contributed by atoms with van der Waals surface area (Å²) < 4.78 is 3.24. The highest BCUT2D eigenvalue weighted by Gasteiger charge is 2.26. The summed E-state index contributed by atoms with van der Waals surface area (Å²) >= 11 is 6.40. The molecule has 162 valence electrons. The van der Waals surface area contributed by atoms with E-state index in [0.29, 0.717) is 34.4 Å². The third-order valence-corrected chi connectivity index (χ3v) is 5.90. The highest BCUT2D eigenvalue weighted by atomic mass is 35.5. The molecule has 0 radical (unpaired) electrons. The minimum Gasteiger partial charge on any atom is -0.345 e. The van der Waals surface area contributed by atoms with Gasteiger partial charge in [-0.05, 0) is 39.0 Å². The smallest absolute Gasteiger partial charge is 0.284 e. The number of hydrogen-bond donors (Lipinski definition) is 1.